The van der Waals surface area contributed by atoms with Crippen molar-refractivity contribution in [1.29, 1.82) is 5.26 Å². The number of nitriles is 1. The molecular weight excluding hydrogens is 233 g/mol. The van der Waals surface area contributed by atoms with Gasteiger partial charge < -0.3 is 0 Å². The molecule has 0 bridgehead atoms. The van der Waals surface area contributed by atoms with E-state index >= 15 is 0 Å². The first-order chi connectivity index (χ1) is 6.86. The maximum Gasteiger partial charge on any atom is 0.417 e. The fraction of sp³-hybridized carbons (Fsp3) is 0.125. The highest BCUT2D eigenvalue weighted by Gasteiger charge is 2.32. The number of hydrogen-bond acceptors (Lipinski definition) is 3. The third kappa shape index (κ3) is 2.44. The molecule has 15 heavy (non-hydrogen) atoms. The summed E-state index contributed by atoms with van der Waals surface area (Å²) in [6.07, 6.45) is -4.15. The molecule has 0 aliphatic rings. The van der Waals surface area contributed by atoms with E-state index in [-0.39, 0.29) is 0 Å². The minimum Gasteiger partial charge on any atom is -0.275 e. The van der Waals surface area contributed by atoms with E-state index in [4.69, 9.17) is 16.9 Å². The summed E-state index contributed by atoms with van der Waals surface area (Å²) < 4.78 is 36.6. The van der Waals surface area contributed by atoms with Gasteiger partial charge in [0.25, 0.3) is 5.24 Å². The minimum absolute atomic E-state index is 0.428. The zero-order chi connectivity index (χ0) is 11.6. The fourth-order valence-corrected chi connectivity index (χ4v) is 1.00. The number of rotatable bonds is 1. The van der Waals surface area contributed by atoms with Crippen molar-refractivity contribution < 1.29 is 18.0 Å². The average molecular weight is 235 g/mol. The van der Waals surface area contributed by atoms with E-state index in [1.165, 1.54) is 6.07 Å². The Labute approximate surface area is 87.1 Å². The highest BCUT2D eigenvalue weighted by molar-refractivity contribution is 6.68. The van der Waals surface area contributed by atoms with Gasteiger partial charge >= 0.3 is 6.18 Å². The Morgan fingerprint density at radius 3 is 2.53 bits per heavy atom. The van der Waals surface area contributed by atoms with Crippen LogP contribution < -0.4 is 0 Å². The maximum absolute atomic E-state index is 12.2. The van der Waals surface area contributed by atoms with Crippen LogP contribution in [0.5, 0.6) is 0 Å². The van der Waals surface area contributed by atoms with Crippen molar-refractivity contribution in [1.82, 2.24) is 4.98 Å². The third-order valence-electron chi connectivity index (χ3n) is 1.53. The molecular formula is C8H2ClF3N2O. The molecule has 3 nitrogen and oxygen atoms in total. The summed E-state index contributed by atoms with van der Waals surface area (Å²) in [6.45, 7) is 0. The zero-order valence-electron chi connectivity index (χ0n) is 6.97. The third-order valence-corrected chi connectivity index (χ3v) is 1.74. The second kappa shape index (κ2) is 3.87. The monoisotopic (exact) mass is 234 g/mol. The topological polar surface area (TPSA) is 53.8 Å². The van der Waals surface area contributed by atoms with E-state index in [1.807, 2.05) is 0 Å². The molecule has 0 atom stereocenters. The molecule has 0 unspecified atom stereocenters. The lowest BCUT2D eigenvalue weighted by Crippen LogP contribution is -2.09. The fourth-order valence-electron chi connectivity index (χ4n) is 0.859. The number of alkyl halides is 3. The molecule has 0 N–H and O–H groups in total. The normalized spacial score (nSPS) is 10.9. The quantitative estimate of drug-likeness (QED) is 0.701. The van der Waals surface area contributed by atoms with Crippen molar-refractivity contribution >= 4 is 16.8 Å². The molecule has 1 aromatic heterocycles. The number of hydrogen-bond donors (Lipinski definition) is 0. The Kier molecular flexibility index (Phi) is 2.95. The molecule has 0 aliphatic carbocycles. The van der Waals surface area contributed by atoms with Crippen LogP contribution in [0.3, 0.4) is 0 Å². The minimum atomic E-state index is -4.62. The Morgan fingerprint density at radius 2 is 2.13 bits per heavy atom. The summed E-state index contributed by atoms with van der Waals surface area (Å²) in [6, 6.07) is 1.97. The highest BCUT2D eigenvalue weighted by Crippen LogP contribution is 2.29. The van der Waals surface area contributed by atoms with Gasteiger partial charge in [0.15, 0.2) is 5.69 Å². The molecule has 0 aliphatic heterocycles. The van der Waals surface area contributed by atoms with Gasteiger partial charge in [0, 0.05) is 6.20 Å². The first-order valence-corrected chi connectivity index (χ1v) is 3.91. The van der Waals surface area contributed by atoms with Gasteiger partial charge in [0.1, 0.15) is 6.07 Å². The molecule has 0 fully saturated rings. The Balaban J connectivity index is 3.37. The van der Waals surface area contributed by atoms with Crippen LogP contribution in [0.1, 0.15) is 21.6 Å². The Bertz CT molecular complexity index is 450. The van der Waals surface area contributed by atoms with Gasteiger partial charge in [-0.2, -0.15) is 18.4 Å². The van der Waals surface area contributed by atoms with Gasteiger partial charge in [0.2, 0.25) is 0 Å². The first-order valence-electron chi connectivity index (χ1n) is 3.53. The summed E-state index contributed by atoms with van der Waals surface area (Å²) in [5, 5.41) is 7.31. The van der Waals surface area contributed by atoms with Crippen molar-refractivity contribution in [2.24, 2.45) is 0 Å². The van der Waals surface area contributed by atoms with Crippen molar-refractivity contribution in [2.45, 2.75) is 6.18 Å². The largest absolute Gasteiger partial charge is 0.417 e. The summed E-state index contributed by atoms with van der Waals surface area (Å²) in [7, 11) is 0. The smallest absolute Gasteiger partial charge is 0.275 e. The number of aromatic nitrogens is 1. The molecule has 1 aromatic rings. The maximum atomic E-state index is 12.2. The second-order valence-corrected chi connectivity index (χ2v) is 2.85. The van der Waals surface area contributed by atoms with Gasteiger partial charge in [-0.1, -0.05) is 0 Å². The van der Waals surface area contributed by atoms with Crippen molar-refractivity contribution in [3.05, 3.63) is 29.1 Å². The van der Waals surface area contributed by atoms with E-state index < -0.39 is 28.2 Å². The number of carbonyl (C=O) groups is 1. The number of halogens is 4. The van der Waals surface area contributed by atoms with Crippen molar-refractivity contribution in [3.63, 3.8) is 0 Å². The van der Waals surface area contributed by atoms with Crippen LogP contribution >= 0.6 is 11.6 Å². The molecule has 0 saturated heterocycles. The standard InChI is InChI=1S/C8H2ClF3N2O/c9-7(15)5-1-4(8(10,11)12)3-14-6(5)2-13/h1,3H. The predicted molar refractivity (Wildman–Crippen MR) is 44.1 cm³/mol. The van der Waals surface area contributed by atoms with E-state index in [0.717, 1.165) is 0 Å². The number of pyridine rings is 1. The van der Waals surface area contributed by atoms with Crippen molar-refractivity contribution in [2.75, 3.05) is 0 Å². The van der Waals surface area contributed by atoms with Gasteiger partial charge in [-0.25, -0.2) is 4.98 Å². The average Bonchev–Trinajstić information content (AvgIpc) is 2.15. The van der Waals surface area contributed by atoms with Gasteiger partial charge in [-0.15, -0.1) is 0 Å². The van der Waals surface area contributed by atoms with E-state index in [1.54, 1.807) is 0 Å². The van der Waals surface area contributed by atoms with E-state index in [9.17, 15) is 18.0 Å². The van der Waals surface area contributed by atoms with Gasteiger partial charge in [-0.3, -0.25) is 4.79 Å². The summed E-state index contributed by atoms with van der Waals surface area (Å²) in [5.41, 5.74) is -2.09. The Morgan fingerprint density at radius 1 is 1.53 bits per heavy atom. The van der Waals surface area contributed by atoms with Gasteiger partial charge in [0.05, 0.1) is 11.1 Å². The predicted octanol–water partition coefficient (Wildman–Crippen LogP) is 2.35. The molecule has 1 heterocycles. The Hall–Kier alpha value is -1.61. The molecule has 0 radical (unpaired) electrons. The van der Waals surface area contributed by atoms with Crippen LogP contribution in [0.25, 0.3) is 0 Å². The van der Waals surface area contributed by atoms with Crippen LogP contribution in [-0.2, 0) is 6.18 Å². The second-order valence-electron chi connectivity index (χ2n) is 2.50. The molecule has 0 amide bonds. The molecule has 0 spiro atoms. The van der Waals surface area contributed by atoms with E-state index in [2.05, 4.69) is 4.98 Å². The van der Waals surface area contributed by atoms with Crippen LogP contribution in [0.15, 0.2) is 12.3 Å². The first kappa shape index (κ1) is 11.5. The van der Waals surface area contributed by atoms with Crippen molar-refractivity contribution in [3.8, 4) is 6.07 Å². The van der Waals surface area contributed by atoms with Crippen LogP contribution in [0, 0.1) is 11.3 Å². The number of carbonyl (C=O) groups excluding carboxylic acids is 1. The zero-order valence-corrected chi connectivity index (χ0v) is 7.73. The van der Waals surface area contributed by atoms with Crippen LogP contribution in [0.2, 0.25) is 0 Å². The molecule has 0 saturated carbocycles. The lowest BCUT2D eigenvalue weighted by molar-refractivity contribution is -0.137. The molecule has 1 rings (SSSR count). The molecule has 78 valence electrons. The summed E-state index contributed by atoms with van der Waals surface area (Å²) in [5.74, 6) is 0. The van der Waals surface area contributed by atoms with E-state index in [0.29, 0.717) is 12.3 Å². The highest BCUT2D eigenvalue weighted by atomic mass is 35.5. The lowest BCUT2D eigenvalue weighted by Gasteiger charge is -2.06. The van der Waals surface area contributed by atoms with Gasteiger partial charge in [-0.05, 0) is 17.7 Å². The summed E-state index contributed by atoms with van der Waals surface area (Å²) >= 11 is 5.01. The van der Waals surface area contributed by atoms with Crippen LogP contribution in [0.4, 0.5) is 13.2 Å². The molecule has 0 aromatic carbocycles. The van der Waals surface area contributed by atoms with Crippen LogP contribution in [-0.4, -0.2) is 10.2 Å². The molecule has 7 heteroatoms. The number of nitrogens with zero attached hydrogens (tertiary/aromatic N) is 2. The SMILES string of the molecule is N#Cc1ncc(C(F)(F)F)cc1C(=O)Cl. The lowest BCUT2D eigenvalue weighted by atomic mass is 10.1. The summed E-state index contributed by atoms with van der Waals surface area (Å²) in [4.78, 5) is 13.9.